The lowest BCUT2D eigenvalue weighted by molar-refractivity contribution is 0.0318. The molecule has 1 atom stereocenters. The minimum atomic E-state index is -0.931. The zero-order valence-corrected chi connectivity index (χ0v) is 17.2. The van der Waals surface area contributed by atoms with Crippen molar-refractivity contribution in [3.8, 4) is 5.69 Å². The number of esters is 1. The third-order valence-electron chi connectivity index (χ3n) is 4.81. The smallest absolute Gasteiger partial charge is 0.338 e. The van der Waals surface area contributed by atoms with Gasteiger partial charge in [-0.05, 0) is 68.8 Å². The number of aryl methyl sites for hydroxylation is 1. The number of aliphatic hydroxyl groups excluding tert-OH is 1. The lowest BCUT2D eigenvalue weighted by Gasteiger charge is -2.13. The van der Waals surface area contributed by atoms with Crippen LogP contribution >= 0.6 is 11.6 Å². The maximum absolute atomic E-state index is 12.9. The molecule has 5 nitrogen and oxygen atoms in total. The van der Waals surface area contributed by atoms with Gasteiger partial charge in [0.05, 0.1) is 12.2 Å². The Balaban J connectivity index is 1.79. The fourth-order valence-electron chi connectivity index (χ4n) is 3.25. The molecule has 2 aromatic carbocycles. The molecule has 3 aromatic rings. The summed E-state index contributed by atoms with van der Waals surface area (Å²) in [6, 6.07) is 15.6. The van der Waals surface area contributed by atoms with Crippen LogP contribution in [0.3, 0.4) is 0 Å². The van der Waals surface area contributed by atoms with E-state index in [1.807, 2.05) is 30.5 Å². The summed E-state index contributed by atoms with van der Waals surface area (Å²) in [6.07, 6.45) is -0.931. The molecule has 0 radical (unpaired) electrons. The topological polar surface area (TPSA) is 68.5 Å². The summed E-state index contributed by atoms with van der Waals surface area (Å²) in [5, 5.41) is 9.73. The second-order valence-electron chi connectivity index (χ2n) is 6.86. The zero-order chi connectivity index (χ0) is 21.1. The molecule has 0 aliphatic rings. The number of rotatable bonds is 6. The molecule has 29 heavy (non-hydrogen) atoms. The van der Waals surface area contributed by atoms with E-state index in [9.17, 15) is 9.59 Å². The van der Waals surface area contributed by atoms with Crippen LogP contribution in [0, 0.1) is 13.8 Å². The van der Waals surface area contributed by atoms with Crippen LogP contribution in [0.2, 0.25) is 5.02 Å². The van der Waals surface area contributed by atoms with Crippen LogP contribution in [0.4, 0.5) is 0 Å². The van der Waals surface area contributed by atoms with E-state index in [0.29, 0.717) is 21.7 Å². The van der Waals surface area contributed by atoms with E-state index in [1.165, 1.54) is 0 Å². The summed E-state index contributed by atoms with van der Waals surface area (Å²) in [7, 11) is 0. The number of aliphatic hydroxyl groups is 1. The monoisotopic (exact) mass is 411 g/mol. The van der Waals surface area contributed by atoms with E-state index in [2.05, 4.69) is 0 Å². The molecule has 0 unspecified atom stereocenters. The van der Waals surface area contributed by atoms with Gasteiger partial charge in [0.1, 0.15) is 0 Å². The van der Waals surface area contributed by atoms with E-state index < -0.39 is 12.1 Å². The maximum atomic E-state index is 12.9. The minimum Gasteiger partial charge on any atom is -0.451 e. The fraction of sp³-hybridized carbons (Fsp3) is 0.217. The van der Waals surface area contributed by atoms with Crippen LogP contribution in [0.1, 0.15) is 44.6 Å². The van der Waals surface area contributed by atoms with Gasteiger partial charge in [-0.1, -0.05) is 23.7 Å². The average Bonchev–Trinajstić information content (AvgIpc) is 3.02. The Morgan fingerprint density at radius 2 is 1.69 bits per heavy atom. The highest BCUT2D eigenvalue weighted by molar-refractivity contribution is 6.30. The number of ether oxygens (including phenoxy) is 1. The van der Waals surface area contributed by atoms with Gasteiger partial charge in [-0.2, -0.15) is 0 Å². The Labute approximate surface area is 174 Å². The van der Waals surface area contributed by atoms with Crippen LogP contribution in [0.5, 0.6) is 0 Å². The largest absolute Gasteiger partial charge is 0.451 e. The van der Waals surface area contributed by atoms with E-state index in [4.69, 9.17) is 21.4 Å². The quantitative estimate of drug-likeness (QED) is 0.472. The molecule has 1 heterocycles. The summed E-state index contributed by atoms with van der Waals surface area (Å²) >= 11 is 5.97. The van der Waals surface area contributed by atoms with Crippen molar-refractivity contribution in [3.05, 3.63) is 87.7 Å². The number of ketones is 1. The van der Waals surface area contributed by atoms with Gasteiger partial charge in [-0.25, -0.2) is 4.79 Å². The van der Waals surface area contributed by atoms with Crippen molar-refractivity contribution < 1.29 is 19.4 Å². The van der Waals surface area contributed by atoms with Crippen molar-refractivity contribution in [2.75, 3.05) is 0 Å². The van der Waals surface area contributed by atoms with Crippen LogP contribution in [-0.2, 0) is 11.3 Å². The van der Waals surface area contributed by atoms with E-state index >= 15 is 0 Å². The Hall–Kier alpha value is -2.89. The molecule has 0 spiro atoms. The molecule has 0 saturated heterocycles. The fourth-order valence-corrected chi connectivity index (χ4v) is 3.37. The molecule has 0 amide bonds. The third-order valence-corrected chi connectivity index (χ3v) is 5.06. The number of nitrogens with zero attached hydrogens (tertiary/aromatic N) is 1. The van der Waals surface area contributed by atoms with Crippen molar-refractivity contribution in [2.45, 2.75) is 33.5 Å². The molecule has 0 aliphatic heterocycles. The van der Waals surface area contributed by atoms with Gasteiger partial charge in [0.25, 0.3) is 0 Å². The number of carbonyl (C=O) groups excluding carboxylic acids is 2. The van der Waals surface area contributed by atoms with Gasteiger partial charge < -0.3 is 14.4 Å². The highest BCUT2D eigenvalue weighted by Gasteiger charge is 2.24. The number of halogens is 1. The molecule has 1 aromatic heterocycles. The van der Waals surface area contributed by atoms with E-state index in [0.717, 1.165) is 17.1 Å². The van der Waals surface area contributed by atoms with Crippen molar-refractivity contribution in [3.63, 3.8) is 0 Å². The number of benzene rings is 2. The second kappa shape index (κ2) is 8.64. The first-order chi connectivity index (χ1) is 13.8. The van der Waals surface area contributed by atoms with Gasteiger partial charge in [0.2, 0.25) is 5.78 Å². The molecule has 0 fully saturated rings. The average molecular weight is 412 g/mol. The number of hydrogen-bond donors (Lipinski definition) is 1. The van der Waals surface area contributed by atoms with E-state index in [-0.39, 0.29) is 12.4 Å². The van der Waals surface area contributed by atoms with E-state index in [1.54, 1.807) is 49.4 Å². The van der Waals surface area contributed by atoms with Gasteiger partial charge >= 0.3 is 5.97 Å². The molecular formula is C23H22ClNO4. The number of carbonyl (C=O) groups is 2. The van der Waals surface area contributed by atoms with Gasteiger partial charge in [0, 0.05) is 27.7 Å². The van der Waals surface area contributed by atoms with Crippen LogP contribution in [0.25, 0.3) is 5.69 Å². The Morgan fingerprint density at radius 3 is 2.28 bits per heavy atom. The summed E-state index contributed by atoms with van der Waals surface area (Å²) in [5.74, 6) is -0.847. The Kier molecular flexibility index (Phi) is 6.20. The van der Waals surface area contributed by atoms with Crippen LogP contribution < -0.4 is 0 Å². The molecule has 0 saturated carbocycles. The summed E-state index contributed by atoms with van der Waals surface area (Å²) in [5.41, 5.74) is 4.09. The first-order valence-corrected chi connectivity index (χ1v) is 9.59. The predicted molar refractivity (Wildman–Crippen MR) is 112 cm³/mol. The van der Waals surface area contributed by atoms with Crippen molar-refractivity contribution in [2.24, 2.45) is 0 Å². The molecule has 150 valence electrons. The molecule has 6 heteroatoms. The van der Waals surface area contributed by atoms with Crippen molar-refractivity contribution >= 4 is 23.4 Å². The first kappa shape index (κ1) is 20.8. The first-order valence-electron chi connectivity index (χ1n) is 9.21. The lowest BCUT2D eigenvalue weighted by Crippen LogP contribution is -2.25. The predicted octanol–water partition coefficient (Wildman–Crippen LogP) is 4.67. The number of aromatic nitrogens is 1. The van der Waals surface area contributed by atoms with Crippen molar-refractivity contribution in [1.82, 2.24) is 4.57 Å². The molecule has 1 N–H and O–H groups in total. The highest BCUT2D eigenvalue weighted by atomic mass is 35.5. The summed E-state index contributed by atoms with van der Waals surface area (Å²) < 4.78 is 7.34. The summed E-state index contributed by atoms with van der Waals surface area (Å²) in [4.78, 5) is 25.3. The Morgan fingerprint density at radius 1 is 1.07 bits per heavy atom. The minimum absolute atomic E-state index is 0.104. The Bertz CT molecular complexity index is 1040. The normalized spacial score (nSPS) is 11.9. The number of Topliss-reactive ketones (excluding diaryl/α,β-unsaturated/α-hetero) is 1. The van der Waals surface area contributed by atoms with Crippen molar-refractivity contribution in [1.29, 1.82) is 0 Å². The molecule has 0 aliphatic carbocycles. The zero-order valence-electron chi connectivity index (χ0n) is 16.5. The summed E-state index contributed by atoms with van der Waals surface area (Å²) in [6.45, 7) is 5.24. The molecular weight excluding hydrogens is 390 g/mol. The molecule has 0 bridgehead atoms. The lowest BCUT2D eigenvalue weighted by atomic mass is 10.1. The highest BCUT2D eigenvalue weighted by Crippen LogP contribution is 2.24. The van der Waals surface area contributed by atoms with Crippen LogP contribution in [-0.4, -0.2) is 27.5 Å². The van der Waals surface area contributed by atoms with Gasteiger partial charge in [-0.3, -0.25) is 4.79 Å². The van der Waals surface area contributed by atoms with Gasteiger partial charge in [-0.15, -0.1) is 0 Å². The maximum Gasteiger partial charge on any atom is 0.338 e. The molecule has 3 rings (SSSR count). The van der Waals surface area contributed by atoms with Crippen LogP contribution in [0.15, 0.2) is 54.6 Å². The standard InChI is InChI=1S/C23H22ClNO4/c1-14-12-21(15(2)25(14)20-10-8-19(24)9-11-20)22(27)16(3)29-23(28)18-6-4-17(13-26)5-7-18/h4-12,16,26H,13H2,1-3H3/t16-/m1/s1. The number of hydrogen-bond acceptors (Lipinski definition) is 4. The van der Waals surface area contributed by atoms with Gasteiger partial charge in [0.15, 0.2) is 6.10 Å². The third kappa shape index (κ3) is 4.42. The second-order valence-corrected chi connectivity index (χ2v) is 7.30. The SMILES string of the molecule is Cc1cc(C(=O)[C@@H](C)OC(=O)c2ccc(CO)cc2)c(C)n1-c1ccc(Cl)cc1.